The van der Waals surface area contributed by atoms with Crippen molar-refractivity contribution in [3.05, 3.63) is 0 Å². The molecule has 0 saturated carbocycles. The van der Waals surface area contributed by atoms with Gasteiger partial charge in [-0.05, 0) is 38.0 Å². The van der Waals surface area contributed by atoms with Crippen molar-refractivity contribution in [2.24, 2.45) is 11.8 Å². The van der Waals surface area contributed by atoms with E-state index in [1.165, 1.54) is 0 Å². The minimum absolute atomic E-state index is 0.199. The summed E-state index contributed by atoms with van der Waals surface area (Å²) in [6, 6.07) is -2.18. The highest BCUT2D eigenvalue weighted by molar-refractivity contribution is 5.94. The van der Waals surface area contributed by atoms with Crippen molar-refractivity contribution in [1.29, 1.82) is 0 Å². The zero-order valence-electron chi connectivity index (χ0n) is 19.1. The maximum absolute atomic E-state index is 12.6. The first kappa shape index (κ1) is 26.9. The number of hydrogen-bond donors (Lipinski definition) is 4. The van der Waals surface area contributed by atoms with Crippen LogP contribution < -0.4 is 21.3 Å². The molecule has 4 N–H and O–H groups in total. The molecule has 0 aliphatic carbocycles. The molecule has 0 aliphatic rings. The lowest BCUT2D eigenvalue weighted by atomic mass is 10.0. The van der Waals surface area contributed by atoms with Gasteiger partial charge in [-0.3, -0.25) is 19.2 Å². The summed E-state index contributed by atoms with van der Waals surface area (Å²) >= 11 is 0. The van der Waals surface area contributed by atoms with E-state index in [2.05, 4.69) is 21.3 Å². The predicted octanol–water partition coefficient (Wildman–Crippen LogP) is 1.49. The molecule has 0 radical (unpaired) electrons. The maximum atomic E-state index is 12.6. The fraction of sp³-hybridized carbons (Fsp3) is 0.810. The first-order valence-corrected chi connectivity index (χ1v) is 10.7. The largest absolute Gasteiger partial charge is 0.354 e. The minimum atomic E-state index is -0.829. The van der Waals surface area contributed by atoms with Crippen LogP contribution in [-0.2, 0) is 19.2 Å². The Morgan fingerprint density at radius 3 is 1.66 bits per heavy atom. The molecule has 29 heavy (non-hydrogen) atoms. The van der Waals surface area contributed by atoms with Crippen LogP contribution in [-0.4, -0.2) is 48.3 Å². The summed E-state index contributed by atoms with van der Waals surface area (Å²) in [6.07, 6.45) is 2.06. The normalized spacial score (nSPS) is 14.1. The Labute approximate surface area is 175 Å². The van der Waals surface area contributed by atoms with Gasteiger partial charge >= 0.3 is 0 Å². The topological polar surface area (TPSA) is 116 Å². The molecule has 3 atom stereocenters. The summed E-state index contributed by atoms with van der Waals surface area (Å²) in [5, 5.41) is 10.9. The predicted molar refractivity (Wildman–Crippen MR) is 114 cm³/mol. The smallest absolute Gasteiger partial charge is 0.243 e. The summed E-state index contributed by atoms with van der Waals surface area (Å²) in [7, 11) is 0. The molecule has 0 aromatic heterocycles. The zero-order valence-corrected chi connectivity index (χ0v) is 19.1. The zero-order chi connectivity index (χ0) is 22.6. The van der Waals surface area contributed by atoms with Gasteiger partial charge in [0.1, 0.15) is 18.1 Å². The summed E-state index contributed by atoms with van der Waals surface area (Å²) in [6.45, 7) is 13.7. The average molecular weight is 413 g/mol. The van der Waals surface area contributed by atoms with E-state index in [0.717, 1.165) is 6.42 Å². The lowest BCUT2D eigenvalue weighted by molar-refractivity contribution is -0.133. The Hall–Kier alpha value is -2.12. The van der Waals surface area contributed by atoms with E-state index in [0.29, 0.717) is 19.4 Å². The van der Waals surface area contributed by atoms with Crippen molar-refractivity contribution in [3.8, 4) is 0 Å². The molecule has 168 valence electrons. The van der Waals surface area contributed by atoms with Crippen LogP contribution in [0.2, 0.25) is 0 Å². The molecule has 0 aromatic carbocycles. The van der Waals surface area contributed by atoms with E-state index in [9.17, 15) is 19.2 Å². The first-order valence-electron chi connectivity index (χ1n) is 10.7. The summed E-state index contributed by atoms with van der Waals surface area (Å²) in [5.74, 6) is -0.852. The second kappa shape index (κ2) is 14.0. The fourth-order valence-corrected chi connectivity index (χ4v) is 2.75. The van der Waals surface area contributed by atoms with Crippen molar-refractivity contribution in [2.75, 3.05) is 6.54 Å². The number of carbonyl (C=O) groups excluding carboxylic acids is 4. The van der Waals surface area contributed by atoms with E-state index in [1.54, 1.807) is 13.8 Å². The quantitative estimate of drug-likeness (QED) is 0.367. The lowest BCUT2D eigenvalue weighted by Gasteiger charge is -2.24. The Balaban J connectivity index is 5.00. The van der Waals surface area contributed by atoms with Gasteiger partial charge in [-0.1, -0.05) is 41.5 Å². The van der Waals surface area contributed by atoms with Gasteiger partial charge in [-0.25, -0.2) is 0 Å². The minimum Gasteiger partial charge on any atom is -0.354 e. The van der Waals surface area contributed by atoms with Gasteiger partial charge in [-0.15, -0.1) is 0 Å². The highest BCUT2D eigenvalue weighted by Crippen LogP contribution is 2.07. The van der Waals surface area contributed by atoms with Gasteiger partial charge in [0, 0.05) is 13.0 Å². The molecule has 0 aromatic rings. The molecule has 0 spiro atoms. The van der Waals surface area contributed by atoms with Crippen molar-refractivity contribution < 1.29 is 19.2 Å². The molecule has 0 saturated heterocycles. The van der Waals surface area contributed by atoms with Gasteiger partial charge in [0.25, 0.3) is 0 Å². The van der Waals surface area contributed by atoms with Crippen molar-refractivity contribution >= 4 is 23.6 Å². The van der Waals surface area contributed by atoms with E-state index >= 15 is 0 Å². The monoisotopic (exact) mass is 412 g/mol. The standard InChI is InChI=1S/C21H40N4O4/c1-8-10-22-20(28)16(11-13(3)4)25-19(27)15(7)23-21(29)17(12-14(5)6)24-18(26)9-2/h13-17H,8-12H2,1-7H3,(H,22,28)(H,23,29)(H,24,26)(H,25,27). The second-order valence-corrected chi connectivity index (χ2v) is 8.32. The number of amides is 4. The Kier molecular flexibility index (Phi) is 12.9. The lowest BCUT2D eigenvalue weighted by Crippen LogP contribution is -2.56. The Bertz CT molecular complexity index is 549. The average Bonchev–Trinajstić information content (AvgIpc) is 2.63. The summed E-state index contributed by atoms with van der Waals surface area (Å²) in [5.41, 5.74) is 0. The van der Waals surface area contributed by atoms with E-state index in [4.69, 9.17) is 0 Å². The molecular formula is C21H40N4O4. The summed E-state index contributed by atoms with van der Waals surface area (Å²) < 4.78 is 0. The molecule has 0 bridgehead atoms. The van der Waals surface area contributed by atoms with Gasteiger partial charge < -0.3 is 21.3 Å². The molecule has 8 nitrogen and oxygen atoms in total. The molecule has 0 heterocycles. The van der Waals surface area contributed by atoms with Crippen LogP contribution in [0.15, 0.2) is 0 Å². The number of rotatable bonds is 13. The van der Waals surface area contributed by atoms with E-state index < -0.39 is 29.9 Å². The van der Waals surface area contributed by atoms with Crippen LogP contribution in [0.5, 0.6) is 0 Å². The van der Waals surface area contributed by atoms with Crippen molar-refractivity contribution in [2.45, 2.75) is 92.3 Å². The third-order valence-corrected chi connectivity index (χ3v) is 4.32. The molecule has 8 heteroatoms. The van der Waals surface area contributed by atoms with Crippen molar-refractivity contribution in [1.82, 2.24) is 21.3 Å². The molecule has 3 unspecified atom stereocenters. The van der Waals surface area contributed by atoms with Gasteiger partial charge in [0.15, 0.2) is 0 Å². The van der Waals surface area contributed by atoms with Gasteiger partial charge in [0.05, 0.1) is 0 Å². The van der Waals surface area contributed by atoms with Crippen molar-refractivity contribution in [3.63, 3.8) is 0 Å². The molecule has 4 amide bonds. The van der Waals surface area contributed by atoms with Crippen LogP contribution in [0.3, 0.4) is 0 Å². The third kappa shape index (κ3) is 11.5. The Morgan fingerprint density at radius 2 is 1.21 bits per heavy atom. The van der Waals surface area contributed by atoms with Crippen LogP contribution in [0, 0.1) is 11.8 Å². The SMILES string of the molecule is CCCNC(=O)C(CC(C)C)NC(=O)C(C)NC(=O)C(CC(C)C)NC(=O)CC. The molecule has 0 fully saturated rings. The molecule has 0 aliphatic heterocycles. The highest BCUT2D eigenvalue weighted by atomic mass is 16.2. The fourth-order valence-electron chi connectivity index (χ4n) is 2.75. The first-order chi connectivity index (χ1) is 13.5. The summed E-state index contributed by atoms with van der Waals surface area (Å²) in [4.78, 5) is 49.2. The van der Waals surface area contributed by atoms with E-state index in [-0.39, 0.29) is 30.1 Å². The number of nitrogens with one attached hydrogen (secondary N) is 4. The van der Waals surface area contributed by atoms with Crippen LogP contribution in [0.4, 0.5) is 0 Å². The third-order valence-electron chi connectivity index (χ3n) is 4.32. The van der Waals surface area contributed by atoms with Gasteiger partial charge in [0.2, 0.25) is 23.6 Å². The number of carbonyl (C=O) groups is 4. The number of hydrogen-bond acceptors (Lipinski definition) is 4. The van der Waals surface area contributed by atoms with E-state index in [1.807, 2.05) is 34.6 Å². The second-order valence-electron chi connectivity index (χ2n) is 8.32. The molecular weight excluding hydrogens is 372 g/mol. The highest BCUT2D eigenvalue weighted by Gasteiger charge is 2.27. The van der Waals surface area contributed by atoms with Gasteiger partial charge in [-0.2, -0.15) is 0 Å². The van der Waals surface area contributed by atoms with Crippen LogP contribution in [0.1, 0.15) is 74.1 Å². The molecule has 0 rings (SSSR count). The maximum Gasteiger partial charge on any atom is 0.243 e. The van der Waals surface area contributed by atoms with Crippen LogP contribution in [0.25, 0.3) is 0 Å². The Morgan fingerprint density at radius 1 is 0.690 bits per heavy atom. The van der Waals surface area contributed by atoms with Crippen LogP contribution >= 0.6 is 0 Å².